The van der Waals surface area contributed by atoms with E-state index in [-0.39, 0.29) is 17.9 Å². The zero-order valence-corrected chi connectivity index (χ0v) is 18.7. The van der Waals surface area contributed by atoms with Gasteiger partial charge >= 0.3 is 0 Å². The Morgan fingerprint density at radius 3 is 2.69 bits per heavy atom. The van der Waals surface area contributed by atoms with Gasteiger partial charge in [-0.15, -0.1) is 0 Å². The minimum absolute atomic E-state index is 0.117. The number of aromatic amines is 1. The molecule has 4 rings (SSSR count). The summed E-state index contributed by atoms with van der Waals surface area (Å²) in [6.45, 7) is 4.93. The van der Waals surface area contributed by atoms with Gasteiger partial charge in [-0.1, -0.05) is 6.92 Å². The number of anilines is 1. The van der Waals surface area contributed by atoms with Crippen LogP contribution < -0.4 is 15.8 Å². The molecule has 0 atom stereocenters. The standard InChI is InChI=1S/C24H28FN5O2/c1-4-17-12-19-20(29-22(17)31)11-16(14-27-19)13-24(25)7-9-30(10-8-24)21-6-5-18(23(32)26-3)28-15(21)2/h5-6,11-12,14H,4,7-10,13H2,1-3H3,(H,26,32)(H,29,31). The van der Waals surface area contributed by atoms with Gasteiger partial charge in [0, 0.05) is 38.3 Å². The van der Waals surface area contributed by atoms with Crippen molar-refractivity contribution in [2.24, 2.45) is 0 Å². The molecule has 7 nitrogen and oxygen atoms in total. The highest BCUT2D eigenvalue weighted by Gasteiger charge is 2.35. The molecule has 1 saturated heterocycles. The number of nitrogens with zero attached hydrogens (tertiary/aromatic N) is 3. The van der Waals surface area contributed by atoms with E-state index >= 15 is 4.39 Å². The van der Waals surface area contributed by atoms with Crippen molar-refractivity contribution in [3.05, 3.63) is 63.3 Å². The Hall–Kier alpha value is -3.29. The third-order valence-corrected chi connectivity index (χ3v) is 6.25. The Kier molecular flexibility index (Phi) is 5.95. The summed E-state index contributed by atoms with van der Waals surface area (Å²) in [5.41, 5.74) is 3.44. The van der Waals surface area contributed by atoms with E-state index in [1.54, 1.807) is 25.4 Å². The lowest BCUT2D eigenvalue weighted by atomic mass is 9.87. The third-order valence-electron chi connectivity index (χ3n) is 6.25. The van der Waals surface area contributed by atoms with E-state index in [0.717, 1.165) is 22.5 Å². The van der Waals surface area contributed by atoms with Crippen molar-refractivity contribution in [2.75, 3.05) is 25.0 Å². The summed E-state index contributed by atoms with van der Waals surface area (Å²) in [5, 5.41) is 2.57. The number of piperidine rings is 1. The molecule has 1 fully saturated rings. The van der Waals surface area contributed by atoms with Crippen LogP contribution in [0.1, 0.15) is 47.1 Å². The zero-order chi connectivity index (χ0) is 22.9. The molecule has 0 saturated carbocycles. The number of amides is 1. The predicted molar refractivity (Wildman–Crippen MR) is 123 cm³/mol. The van der Waals surface area contributed by atoms with Gasteiger partial charge in [-0.3, -0.25) is 14.6 Å². The number of pyridine rings is 3. The smallest absolute Gasteiger partial charge is 0.269 e. The molecule has 1 aliphatic heterocycles. The monoisotopic (exact) mass is 437 g/mol. The average Bonchev–Trinajstić information content (AvgIpc) is 2.78. The van der Waals surface area contributed by atoms with Crippen LogP contribution in [0.15, 0.2) is 35.3 Å². The van der Waals surface area contributed by atoms with Crippen molar-refractivity contribution in [3.63, 3.8) is 0 Å². The number of carbonyl (C=O) groups is 1. The molecule has 0 bridgehead atoms. The van der Waals surface area contributed by atoms with Crippen LogP contribution >= 0.6 is 0 Å². The van der Waals surface area contributed by atoms with Gasteiger partial charge in [0.1, 0.15) is 11.4 Å². The molecule has 3 aromatic heterocycles. The van der Waals surface area contributed by atoms with Crippen LogP contribution in [0.4, 0.5) is 10.1 Å². The van der Waals surface area contributed by atoms with Gasteiger partial charge < -0.3 is 15.2 Å². The van der Waals surface area contributed by atoms with E-state index < -0.39 is 5.67 Å². The van der Waals surface area contributed by atoms with Crippen molar-refractivity contribution in [1.29, 1.82) is 0 Å². The Morgan fingerprint density at radius 1 is 1.28 bits per heavy atom. The zero-order valence-electron chi connectivity index (χ0n) is 18.7. The molecule has 0 aliphatic carbocycles. The van der Waals surface area contributed by atoms with Crippen LogP contribution in [0.3, 0.4) is 0 Å². The summed E-state index contributed by atoms with van der Waals surface area (Å²) in [4.78, 5) is 37.7. The molecule has 2 N–H and O–H groups in total. The van der Waals surface area contributed by atoms with Crippen molar-refractivity contribution < 1.29 is 9.18 Å². The van der Waals surface area contributed by atoms with Crippen molar-refractivity contribution in [2.45, 2.75) is 45.2 Å². The van der Waals surface area contributed by atoms with Crippen LogP contribution in [0, 0.1) is 6.92 Å². The Labute approximate surface area is 186 Å². The highest BCUT2D eigenvalue weighted by molar-refractivity contribution is 5.92. The van der Waals surface area contributed by atoms with Gasteiger partial charge in [0.15, 0.2) is 0 Å². The highest BCUT2D eigenvalue weighted by Crippen LogP contribution is 2.33. The number of alkyl halides is 1. The number of aryl methyl sites for hydroxylation is 2. The summed E-state index contributed by atoms with van der Waals surface area (Å²) < 4.78 is 15.7. The molecular formula is C24H28FN5O2. The summed E-state index contributed by atoms with van der Waals surface area (Å²) in [6, 6.07) is 7.21. The largest absolute Gasteiger partial charge is 0.370 e. The molecule has 1 amide bonds. The topological polar surface area (TPSA) is 91.0 Å². The third kappa shape index (κ3) is 4.35. The molecule has 8 heteroatoms. The lowest BCUT2D eigenvalue weighted by Gasteiger charge is -2.38. The molecule has 0 aromatic carbocycles. The van der Waals surface area contributed by atoms with Gasteiger partial charge in [0.25, 0.3) is 11.5 Å². The van der Waals surface area contributed by atoms with E-state index in [2.05, 4.69) is 25.2 Å². The summed E-state index contributed by atoms with van der Waals surface area (Å²) in [6.07, 6.45) is 3.37. The van der Waals surface area contributed by atoms with Crippen LogP contribution in [0.25, 0.3) is 11.0 Å². The number of hydrogen-bond donors (Lipinski definition) is 2. The number of rotatable bonds is 5. The van der Waals surface area contributed by atoms with Crippen LogP contribution in [-0.2, 0) is 12.8 Å². The lowest BCUT2D eigenvalue weighted by molar-refractivity contribution is 0.0958. The van der Waals surface area contributed by atoms with Crippen LogP contribution in [0.5, 0.6) is 0 Å². The molecule has 32 heavy (non-hydrogen) atoms. The first-order valence-electron chi connectivity index (χ1n) is 11.0. The molecule has 0 unspecified atom stereocenters. The molecule has 4 heterocycles. The van der Waals surface area contributed by atoms with E-state index in [9.17, 15) is 9.59 Å². The van der Waals surface area contributed by atoms with E-state index in [4.69, 9.17) is 0 Å². The number of H-pyrrole nitrogens is 1. The summed E-state index contributed by atoms with van der Waals surface area (Å²) >= 11 is 0. The second-order valence-corrected chi connectivity index (χ2v) is 8.45. The lowest BCUT2D eigenvalue weighted by Crippen LogP contribution is -2.43. The summed E-state index contributed by atoms with van der Waals surface area (Å²) in [7, 11) is 1.57. The average molecular weight is 438 g/mol. The van der Waals surface area contributed by atoms with E-state index in [1.807, 2.05) is 26.0 Å². The number of nitrogens with one attached hydrogen (secondary N) is 2. The van der Waals surface area contributed by atoms with Gasteiger partial charge in [-0.05, 0) is 56.0 Å². The molecule has 0 spiro atoms. The van der Waals surface area contributed by atoms with Gasteiger partial charge in [0.2, 0.25) is 0 Å². The predicted octanol–water partition coefficient (Wildman–Crippen LogP) is 3.10. The minimum Gasteiger partial charge on any atom is -0.370 e. The highest BCUT2D eigenvalue weighted by atomic mass is 19.1. The quantitative estimate of drug-likeness (QED) is 0.640. The van der Waals surface area contributed by atoms with Crippen molar-refractivity contribution >= 4 is 22.6 Å². The summed E-state index contributed by atoms with van der Waals surface area (Å²) in [5.74, 6) is -0.225. The van der Waals surface area contributed by atoms with E-state index in [0.29, 0.717) is 49.1 Å². The Bertz CT molecular complexity index is 1210. The fraction of sp³-hybridized carbons (Fsp3) is 0.417. The number of fused-ring (bicyclic) bond motifs is 1. The number of halogens is 1. The normalized spacial score (nSPS) is 15.7. The Morgan fingerprint density at radius 2 is 2.03 bits per heavy atom. The first-order chi connectivity index (χ1) is 15.3. The van der Waals surface area contributed by atoms with Crippen molar-refractivity contribution in [1.82, 2.24) is 20.3 Å². The van der Waals surface area contributed by atoms with Gasteiger partial charge in [-0.25, -0.2) is 9.37 Å². The molecule has 0 radical (unpaired) electrons. The fourth-order valence-corrected chi connectivity index (χ4v) is 4.36. The number of carbonyl (C=O) groups excluding carboxylic acids is 1. The fourth-order valence-electron chi connectivity index (χ4n) is 4.36. The SMILES string of the molecule is CCc1cc2ncc(CC3(F)CCN(c4ccc(C(=O)NC)nc4C)CC3)cc2[nH]c1=O. The van der Waals surface area contributed by atoms with Crippen LogP contribution in [-0.4, -0.2) is 46.7 Å². The molecule has 1 aliphatic rings. The van der Waals surface area contributed by atoms with Gasteiger partial charge in [-0.2, -0.15) is 0 Å². The first-order valence-corrected chi connectivity index (χ1v) is 11.0. The minimum atomic E-state index is -1.33. The Balaban J connectivity index is 1.46. The van der Waals surface area contributed by atoms with E-state index in [1.165, 1.54) is 0 Å². The number of aromatic nitrogens is 3. The van der Waals surface area contributed by atoms with Gasteiger partial charge in [0.05, 0.1) is 22.4 Å². The first kappa shape index (κ1) is 21.9. The van der Waals surface area contributed by atoms with Crippen molar-refractivity contribution in [3.8, 4) is 0 Å². The number of hydrogen-bond acceptors (Lipinski definition) is 5. The van der Waals surface area contributed by atoms with Crippen LogP contribution in [0.2, 0.25) is 0 Å². The molecular weight excluding hydrogens is 409 g/mol. The molecule has 3 aromatic rings. The maximum absolute atomic E-state index is 15.7. The second kappa shape index (κ2) is 8.68. The molecule has 168 valence electrons. The maximum Gasteiger partial charge on any atom is 0.269 e. The second-order valence-electron chi connectivity index (χ2n) is 8.45. The maximum atomic E-state index is 15.7.